The van der Waals surface area contributed by atoms with Gasteiger partial charge >= 0.3 is 0 Å². The maximum atomic E-state index is 9.98. The van der Waals surface area contributed by atoms with E-state index in [-0.39, 0.29) is 12.1 Å². The summed E-state index contributed by atoms with van der Waals surface area (Å²) in [7, 11) is 0. The Bertz CT molecular complexity index is 258. The fourth-order valence-electron chi connectivity index (χ4n) is 2.23. The fraction of sp³-hybridized carbons (Fsp3) is 0.727. The van der Waals surface area contributed by atoms with E-state index >= 15 is 0 Å². The van der Waals surface area contributed by atoms with Crippen molar-refractivity contribution in [1.29, 1.82) is 0 Å². The van der Waals surface area contributed by atoms with Gasteiger partial charge in [0, 0.05) is 12.4 Å². The number of rotatable bonds is 1. The van der Waals surface area contributed by atoms with Crippen LogP contribution in [-0.4, -0.2) is 21.0 Å². The van der Waals surface area contributed by atoms with Crippen LogP contribution in [0.25, 0.3) is 0 Å². The Kier molecular flexibility index (Phi) is 3.19. The summed E-state index contributed by atoms with van der Waals surface area (Å²) in [6.45, 7) is 0. The van der Waals surface area contributed by atoms with Crippen LogP contribution in [0, 0.1) is 0 Å². The van der Waals surface area contributed by atoms with Crippen LogP contribution in [0.15, 0.2) is 18.5 Å². The Balaban J connectivity index is 2.06. The van der Waals surface area contributed by atoms with Gasteiger partial charge in [0.2, 0.25) is 0 Å². The first-order chi connectivity index (χ1) is 6.88. The maximum Gasteiger partial charge on any atom is 0.0778 e. The van der Waals surface area contributed by atoms with Crippen molar-refractivity contribution in [2.75, 3.05) is 0 Å². The molecule has 1 saturated carbocycles. The summed E-state index contributed by atoms with van der Waals surface area (Å²) in [4.78, 5) is 0. The summed E-state index contributed by atoms with van der Waals surface area (Å²) < 4.78 is 1.91. The molecule has 0 radical (unpaired) electrons. The second-order valence-electron chi connectivity index (χ2n) is 4.11. The van der Waals surface area contributed by atoms with Crippen LogP contribution in [0.4, 0.5) is 0 Å². The van der Waals surface area contributed by atoms with E-state index in [1.165, 1.54) is 19.3 Å². The third-order valence-electron chi connectivity index (χ3n) is 3.06. The van der Waals surface area contributed by atoms with Gasteiger partial charge in [0.25, 0.3) is 0 Å². The minimum absolute atomic E-state index is 0.199. The van der Waals surface area contributed by atoms with Gasteiger partial charge in [-0.3, -0.25) is 4.68 Å². The first-order valence-electron chi connectivity index (χ1n) is 5.55. The molecule has 0 amide bonds. The van der Waals surface area contributed by atoms with Crippen molar-refractivity contribution in [1.82, 2.24) is 9.78 Å². The molecule has 1 aromatic rings. The molecule has 0 aliphatic heterocycles. The van der Waals surface area contributed by atoms with Crippen LogP contribution in [0.1, 0.15) is 44.6 Å². The zero-order valence-electron chi connectivity index (χ0n) is 8.47. The average molecular weight is 194 g/mol. The molecule has 78 valence electrons. The second kappa shape index (κ2) is 4.60. The van der Waals surface area contributed by atoms with Gasteiger partial charge in [0.1, 0.15) is 0 Å². The van der Waals surface area contributed by atoms with E-state index in [4.69, 9.17) is 0 Å². The van der Waals surface area contributed by atoms with Crippen LogP contribution in [0.5, 0.6) is 0 Å². The smallest absolute Gasteiger partial charge is 0.0778 e. The van der Waals surface area contributed by atoms with Crippen LogP contribution >= 0.6 is 0 Å². The molecule has 0 spiro atoms. The molecule has 1 heterocycles. The summed E-state index contributed by atoms with van der Waals surface area (Å²) in [5.74, 6) is 0. The lowest BCUT2D eigenvalue weighted by molar-refractivity contribution is 0.0826. The summed E-state index contributed by atoms with van der Waals surface area (Å²) in [5.41, 5.74) is 0. The van der Waals surface area contributed by atoms with E-state index in [0.29, 0.717) is 0 Å². The maximum absolute atomic E-state index is 9.98. The molecule has 14 heavy (non-hydrogen) atoms. The van der Waals surface area contributed by atoms with Crippen molar-refractivity contribution in [2.24, 2.45) is 0 Å². The van der Waals surface area contributed by atoms with Crippen LogP contribution in [-0.2, 0) is 0 Å². The molecule has 2 unspecified atom stereocenters. The number of hydrogen-bond acceptors (Lipinski definition) is 2. The largest absolute Gasteiger partial charge is 0.391 e. The molecule has 0 saturated heterocycles. The van der Waals surface area contributed by atoms with Crippen LogP contribution < -0.4 is 0 Å². The number of aliphatic hydroxyl groups is 1. The SMILES string of the molecule is OC1CCCCCCC1n1cccn1. The van der Waals surface area contributed by atoms with E-state index in [2.05, 4.69) is 5.10 Å². The van der Waals surface area contributed by atoms with Crippen molar-refractivity contribution >= 4 is 0 Å². The molecule has 0 aromatic carbocycles. The summed E-state index contributed by atoms with van der Waals surface area (Å²) in [6.07, 6.45) is 10.4. The standard InChI is InChI=1S/C11H18N2O/c14-11-7-4-2-1-3-6-10(11)13-9-5-8-12-13/h5,8-11,14H,1-4,6-7H2. The Morgan fingerprint density at radius 2 is 1.93 bits per heavy atom. The summed E-state index contributed by atoms with van der Waals surface area (Å²) in [5, 5.41) is 14.2. The Morgan fingerprint density at radius 1 is 1.14 bits per heavy atom. The molecule has 1 aliphatic rings. The predicted octanol–water partition coefficient (Wildman–Crippen LogP) is 2.14. The molecule has 1 fully saturated rings. The third kappa shape index (κ3) is 2.15. The summed E-state index contributed by atoms with van der Waals surface area (Å²) >= 11 is 0. The zero-order chi connectivity index (χ0) is 9.80. The average Bonchev–Trinajstić information content (AvgIpc) is 2.65. The molecule has 1 aromatic heterocycles. The first-order valence-corrected chi connectivity index (χ1v) is 5.55. The van der Waals surface area contributed by atoms with Gasteiger partial charge in [-0.1, -0.05) is 25.7 Å². The van der Waals surface area contributed by atoms with Gasteiger partial charge in [0.15, 0.2) is 0 Å². The van der Waals surface area contributed by atoms with Crippen molar-refractivity contribution < 1.29 is 5.11 Å². The number of nitrogens with zero attached hydrogens (tertiary/aromatic N) is 2. The van der Waals surface area contributed by atoms with E-state index in [0.717, 1.165) is 19.3 Å². The second-order valence-corrected chi connectivity index (χ2v) is 4.11. The number of aromatic nitrogens is 2. The Labute approximate surface area is 84.7 Å². The normalized spacial score (nSPS) is 29.5. The molecule has 3 heteroatoms. The van der Waals surface area contributed by atoms with Crippen LogP contribution in [0.2, 0.25) is 0 Å². The highest BCUT2D eigenvalue weighted by Gasteiger charge is 2.21. The number of hydrogen-bond donors (Lipinski definition) is 1. The minimum Gasteiger partial charge on any atom is -0.391 e. The van der Waals surface area contributed by atoms with Gasteiger partial charge < -0.3 is 5.11 Å². The zero-order valence-corrected chi connectivity index (χ0v) is 8.47. The topological polar surface area (TPSA) is 38.0 Å². The molecule has 1 N–H and O–H groups in total. The van der Waals surface area contributed by atoms with Gasteiger partial charge in [-0.2, -0.15) is 5.10 Å². The third-order valence-corrected chi connectivity index (χ3v) is 3.06. The molecule has 2 atom stereocenters. The lowest BCUT2D eigenvalue weighted by atomic mass is 9.94. The molecular formula is C11H18N2O. The van der Waals surface area contributed by atoms with E-state index in [9.17, 15) is 5.11 Å². The van der Waals surface area contributed by atoms with Crippen molar-refractivity contribution in [3.63, 3.8) is 0 Å². The number of aliphatic hydroxyl groups excluding tert-OH is 1. The lowest BCUT2D eigenvalue weighted by Gasteiger charge is -2.25. The molecule has 0 bridgehead atoms. The van der Waals surface area contributed by atoms with E-state index in [1.54, 1.807) is 6.20 Å². The molecule has 1 aliphatic carbocycles. The Hall–Kier alpha value is -0.830. The quantitative estimate of drug-likeness (QED) is 0.743. The van der Waals surface area contributed by atoms with Gasteiger partial charge in [-0.05, 0) is 18.9 Å². The highest BCUT2D eigenvalue weighted by molar-refractivity contribution is 4.85. The fourth-order valence-corrected chi connectivity index (χ4v) is 2.23. The Morgan fingerprint density at radius 3 is 2.64 bits per heavy atom. The lowest BCUT2D eigenvalue weighted by Crippen LogP contribution is -2.25. The summed E-state index contributed by atoms with van der Waals surface area (Å²) in [6, 6.07) is 2.12. The molecule has 3 nitrogen and oxygen atoms in total. The van der Waals surface area contributed by atoms with Crippen LogP contribution in [0.3, 0.4) is 0 Å². The predicted molar refractivity (Wildman–Crippen MR) is 55.0 cm³/mol. The van der Waals surface area contributed by atoms with Crippen molar-refractivity contribution in [3.05, 3.63) is 18.5 Å². The van der Waals surface area contributed by atoms with Gasteiger partial charge in [-0.15, -0.1) is 0 Å². The first kappa shape index (κ1) is 9.71. The monoisotopic (exact) mass is 194 g/mol. The van der Waals surface area contributed by atoms with Crippen molar-refractivity contribution in [2.45, 2.75) is 50.7 Å². The van der Waals surface area contributed by atoms with Gasteiger partial charge in [-0.25, -0.2) is 0 Å². The van der Waals surface area contributed by atoms with Crippen molar-refractivity contribution in [3.8, 4) is 0 Å². The van der Waals surface area contributed by atoms with E-state index in [1.807, 2.05) is 16.9 Å². The highest BCUT2D eigenvalue weighted by Crippen LogP contribution is 2.25. The van der Waals surface area contributed by atoms with Gasteiger partial charge in [0.05, 0.1) is 12.1 Å². The highest BCUT2D eigenvalue weighted by atomic mass is 16.3. The minimum atomic E-state index is -0.213. The molecular weight excluding hydrogens is 176 g/mol. The van der Waals surface area contributed by atoms with E-state index < -0.39 is 0 Å². The molecule has 2 rings (SSSR count).